The third-order valence-corrected chi connectivity index (χ3v) is 5.48. The van der Waals surface area contributed by atoms with E-state index in [1.54, 1.807) is 6.20 Å². The van der Waals surface area contributed by atoms with E-state index in [2.05, 4.69) is 34.6 Å². The number of ether oxygens (including phenoxy) is 1. The molecule has 4 heteroatoms. The average Bonchev–Trinajstić information content (AvgIpc) is 3.16. The maximum Gasteiger partial charge on any atom is 0.220 e. The van der Waals surface area contributed by atoms with Gasteiger partial charge in [0.15, 0.2) is 0 Å². The SMILES string of the molecule is O=C(CC1C=CCC1)NC1CCC(Oc2ccc3ncccc3c2)CC1. The molecule has 0 saturated heterocycles. The molecule has 0 spiro atoms. The first-order chi connectivity index (χ1) is 12.8. The molecule has 1 amide bonds. The highest BCUT2D eigenvalue weighted by atomic mass is 16.5. The standard InChI is InChI=1S/C22H26N2O2/c25-22(14-16-4-1-2-5-16)24-18-7-9-19(10-8-18)26-20-11-12-21-17(15-20)6-3-13-23-21/h1,3-4,6,11-13,15-16,18-19H,2,5,7-10,14H2,(H,24,25). The van der Waals surface area contributed by atoms with E-state index in [0.717, 1.165) is 55.2 Å². The molecule has 1 N–H and O–H groups in total. The molecule has 136 valence electrons. The van der Waals surface area contributed by atoms with Crippen molar-refractivity contribution in [2.45, 2.75) is 57.1 Å². The number of amides is 1. The van der Waals surface area contributed by atoms with Crippen molar-refractivity contribution in [2.75, 3.05) is 0 Å². The number of allylic oxidation sites excluding steroid dienone is 2. The Bertz CT molecular complexity index is 794. The van der Waals surface area contributed by atoms with Crippen LogP contribution in [0.25, 0.3) is 10.9 Å². The molecule has 0 radical (unpaired) electrons. The molecule has 1 saturated carbocycles. The summed E-state index contributed by atoms with van der Waals surface area (Å²) in [6.45, 7) is 0. The van der Waals surface area contributed by atoms with Crippen LogP contribution in [0.15, 0.2) is 48.7 Å². The first kappa shape index (κ1) is 17.1. The van der Waals surface area contributed by atoms with Crippen LogP contribution in [0.3, 0.4) is 0 Å². The van der Waals surface area contributed by atoms with Gasteiger partial charge < -0.3 is 10.1 Å². The molecule has 0 bridgehead atoms. The van der Waals surface area contributed by atoms with Gasteiger partial charge >= 0.3 is 0 Å². The molecule has 26 heavy (non-hydrogen) atoms. The van der Waals surface area contributed by atoms with Gasteiger partial charge in [0.25, 0.3) is 0 Å². The molecule has 1 heterocycles. The molecule has 2 aromatic rings. The van der Waals surface area contributed by atoms with E-state index in [1.807, 2.05) is 18.2 Å². The quantitative estimate of drug-likeness (QED) is 0.813. The molecule has 2 aliphatic carbocycles. The molecular weight excluding hydrogens is 324 g/mol. The Hall–Kier alpha value is -2.36. The minimum Gasteiger partial charge on any atom is -0.490 e. The topological polar surface area (TPSA) is 51.2 Å². The van der Waals surface area contributed by atoms with Crippen LogP contribution in [0.1, 0.15) is 44.9 Å². The fourth-order valence-electron chi connectivity index (χ4n) is 4.03. The van der Waals surface area contributed by atoms with Gasteiger partial charge in [0.1, 0.15) is 5.75 Å². The summed E-state index contributed by atoms with van der Waals surface area (Å²) in [4.78, 5) is 16.5. The lowest BCUT2D eigenvalue weighted by Gasteiger charge is -2.29. The van der Waals surface area contributed by atoms with Crippen LogP contribution in [0.4, 0.5) is 0 Å². The van der Waals surface area contributed by atoms with Crippen molar-refractivity contribution in [3.8, 4) is 5.75 Å². The van der Waals surface area contributed by atoms with Crippen molar-refractivity contribution >= 4 is 16.8 Å². The van der Waals surface area contributed by atoms with Gasteiger partial charge in [-0.25, -0.2) is 0 Å². The monoisotopic (exact) mass is 350 g/mol. The number of hydrogen-bond donors (Lipinski definition) is 1. The Morgan fingerprint density at radius 2 is 2.04 bits per heavy atom. The van der Waals surface area contributed by atoms with E-state index < -0.39 is 0 Å². The number of pyridine rings is 1. The number of carbonyl (C=O) groups excluding carboxylic acids is 1. The molecule has 4 nitrogen and oxygen atoms in total. The second-order valence-electron chi connectivity index (χ2n) is 7.49. The molecule has 2 aliphatic rings. The van der Waals surface area contributed by atoms with Gasteiger partial charge in [0, 0.05) is 24.0 Å². The summed E-state index contributed by atoms with van der Waals surface area (Å²) in [5, 5.41) is 4.32. The number of aromatic nitrogens is 1. The number of nitrogens with one attached hydrogen (secondary N) is 1. The fraction of sp³-hybridized carbons (Fsp3) is 0.455. The van der Waals surface area contributed by atoms with Gasteiger partial charge in [-0.2, -0.15) is 0 Å². The van der Waals surface area contributed by atoms with Gasteiger partial charge in [-0.05, 0) is 68.7 Å². The zero-order valence-corrected chi connectivity index (χ0v) is 15.1. The van der Waals surface area contributed by atoms with E-state index in [4.69, 9.17) is 4.74 Å². The molecular formula is C22H26N2O2. The van der Waals surface area contributed by atoms with Gasteiger partial charge in [-0.1, -0.05) is 18.2 Å². The fourth-order valence-corrected chi connectivity index (χ4v) is 4.03. The van der Waals surface area contributed by atoms with E-state index in [9.17, 15) is 4.79 Å². The Morgan fingerprint density at radius 1 is 1.15 bits per heavy atom. The van der Waals surface area contributed by atoms with Crippen LogP contribution in [-0.2, 0) is 4.79 Å². The number of carbonyl (C=O) groups is 1. The molecule has 1 aromatic heterocycles. The third kappa shape index (κ3) is 4.24. The van der Waals surface area contributed by atoms with Gasteiger partial charge in [-0.15, -0.1) is 0 Å². The maximum atomic E-state index is 12.2. The van der Waals surface area contributed by atoms with Crippen molar-refractivity contribution in [2.24, 2.45) is 5.92 Å². The number of nitrogens with zero attached hydrogens (tertiary/aromatic N) is 1. The Balaban J connectivity index is 1.25. The van der Waals surface area contributed by atoms with E-state index in [0.29, 0.717) is 18.4 Å². The van der Waals surface area contributed by atoms with Crippen molar-refractivity contribution in [1.29, 1.82) is 0 Å². The summed E-state index contributed by atoms with van der Waals surface area (Å²) in [6.07, 6.45) is 13.2. The summed E-state index contributed by atoms with van der Waals surface area (Å²) in [5.74, 6) is 1.55. The van der Waals surface area contributed by atoms with Crippen molar-refractivity contribution < 1.29 is 9.53 Å². The second kappa shape index (κ2) is 7.90. The molecule has 1 fully saturated rings. The minimum atomic E-state index is 0.202. The van der Waals surface area contributed by atoms with E-state index in [-0.39, 0.29) is 12.0 Å². The molecule has 0 aliphatic heterocycles. The van der Waals surface area contributed by atoms with Gasteiger partial charge in [-0.3, -0.25) is 9.78 Å². The lowest BCUT2D eigenvalue weighted by Crippen LogP contribution is -2.40. The molecule has 1 unspecified atom stereocenters. The third-order valence-electron chi connectivity index (χ3n) is 5.48. The van der Waals surface area contributed by atoms with Crippen LogP contribution in [-0.4, -0.2) is 23.0 Å². The zero-order chi connectivity index (χ0) is 17.8. The molecule has 1 aromatic carbocycles. The summed E-state index contributed by atoms with van der Waals surface area (Å²) in [5.41, 5.74) is 0.989. The van der Waals surface area contributed by atoms with Gasteiger partial charge in [0.2, 0.25) is 5.91 Å². The largest absolute Gasteiger partial charge is 0.490 e. The molecule has 1 atom stereocenters. The van der Waals surface area contributed by atoms with E-state index in [1.165, 1.54) is 0 Å². The summed E-state index contributed by atoms with van der Waals surface area (Å²) < 4.78 is 6.17. The first-order valence-electron chi connectivity index (χ1n) is 9.74. The number of fused-ring (bicyclic) bond motifs is 1. The highest BCUT2D eigenvalue weighted by Crippen LogP contribution is 2.26. The van der Waals surface area contributed by atoms with Crippen molar-refractivity contribution in [3.05, 3.63) is 48.7 Å². The van der Waals surface area contributed by atoms with Gasteiger partial charge in [0.05, 0.1) is 11.6 Å². The van der Waals surface area contributed by atoms with Crippen molar-refractivity contribution in [1.82, 2.24) is 10.3 Å². The van der Waals surface area contributed by atoms with Crippen LogP contribution < -0.4 is 10.1 Å². The lowest BCUT2D eigenvalue weighted by atomic mass is 9.92. The van der Waals surface area contributed by atoms with Crippen LogP contribution in [0.5, 0.6) is 5.75 Å². The van der Waals surface area contributed by atoms with Crippen LogP contribution in [0.2, 0.25) is 0 Å². The minimum absolute atomic E-state index is 0.202. The van der Waals surface area contributed by atoms with Crippen molar-refractivity contribution in [3.63, 3.8) is 0 Å². The first-order valence-corrected chi connectivity index (χ1v) is 9.74. The molecule has 4 rings (SSSR count). The predicted molar refractivity (Wildman–Crippen MR) is 103 cm³/mol. The lowest BCUT2D eigenvalue weighted by molar-refractivity contribution is -0.122. The Kier molecular flexibility index (Phi) is 5.19. The normalized spacial score (nSPS) is 25.3. The zero-order valence-electron chi connectivity index (χ0n) is 15.1. The Morgan fingerprint density at radius 3 is 2.85 bits per heavy atom. The Labute approximate surface area is 154 Å². The number of benzene rings is 1. The summed E-state index contributed by atoms with van der Waals surface area (Å²) in [7, 11) is 0. The summed E-state index contributed by atoms with van der Waals surface area (Å²) in [6, 6.07) is 10.4. The number of hydrogen-bond acceptors (Lipinski definition) is 3. The second-order valence-corrected chi connectivity index (χ2v) is 7.49. The predicted octanol–water partition coefficient (Wildman–Crippen LogP) is 4.40. The maximum absolute atomic E-state index is 12.2. The highest BCUT2D eigenvalue weighted by Gasteiger charge is 2.24. The smallest absolute Gasteiger partial charge is 0.220 e. The number of rotatable bonds is 5. The van der Waals surface area contributed by atoms with Crippen LogP contribution in [0, 0.1) is 5.92 Å². The highest BCUT2D eigenvalue weighted by molar-refractivity contribution is 5.79. The average molecular weight is 350 g/mol. The van der Waals surface area contributed by atoms with Crippen LogP contribution >= 0.6 is 0 Å². The van der Waals surface area contributed by atoms with E-state index >= 15 is 0 Å². The summed E-state index contributed by atoms with van der Waals surface area (Å²) >= 11 is 0.